The lowest BCUT2D eigenvalue weighted by atomic mass is 9.82. The maximum Gasteiger partial charge on any atom is 0.269 e. The van der Waals surface area contributed by atoms with Gasteiger partial charge in [-0.2, -0.15) is 0 Å². The monoisotopic (exact) mass is 523 g/mol. The molecule has 200 valence electrons. The van der Waals surface area contributed by atoms with E-state index >= 15 is 0 Å². The van der Waals surface area contributed by atoms with Crippen molar-refractivity contribution >= 4 is 29.1 Å². The Kier molecular flexibility index (Phi) is 7.56. The van der Waals surface area contributed by atoms with E-state index in [1.54, 1.807) is 30.4 Å². The minimum atomic E-state index is -0.558. The molecule has 2 aromatic carbocycles. The number of allylic oxidation sites excluding steroid dienone is 4. The van der Waals surface area contributed by atoms with Crippen molar-refractivity contribution in [2.75, 3.05) is 18.9 Å². The largest absolute Gasteiger partial charge is 0.366 e. The first-order valence-corrected chi connectivity index (χ1v) is 13.2. The SMILES string of the molecule is CC1C=CC=C(C(N)=O)C2=NC(C(=O)NCc3cccc(C(=O)Nc4ccc5c(c4)CN(C)CC5)c3)=CCC21. The zero-order valence-electron chi connectivity index (χ0n) is 22.2. The summed E-state index contributed by atoms with van der Waals surface area (Å²) < 4.78 is 0. The number of rotatable bonds is 6. The number of aliphatic imine (C=N–C) groups is 1. The highest BCUT2D eigenvalue weighted by Crippen LogP contribution is 2.31. The van der Waals surface area contributed by atoms with Gasteiger partial charge in [-0.05, 0) is 72.8 Å². The topological polar surface area (TPSA) is 117 Å². The molecule has 39 heavy (non-hydrogen) atoms. The second kappa shape index (κ2) is 11.2. The highest BCUT2D eigenvalue weighted by molar-refractivity contribution is 6.23. The van der Waals surface area contributed by atoms with Crippen LogP contribution in [0.2, 0.25) is 0 Å². The van der Waals surface area contributed by atoms with Crippen LogP contribution in [0.4, 0.5) is 5.69 Å². The minimum Gasteiger partial charge on any atom is -0.366 e. The summed E-state index contributed by atoms with van der Waals surface area (Å²) in [4.78, 5) is 44.8. The number of nitrogens with one attached hydrogen (secondary N) is 2. The van der Waals surface area contributed by atoms with E-state index in [2.05, 4.69) is 40.6 Å². The zero-order chi connectivity index (χ0) is 27.5. The van der Waals surface area contributed by atoms with E-state index in [1.165, 1.54) is 11.1 Å². The van der Waals surface area contributed by atoms with Crippen LogP contribution < -0.4 is 16.4 Å². The highest BCUT2D eigenvalue weighted by atomic mass is 16.2. The van der Waals surface area contributed by atoms with Gasteiger partial charge >= 0.3 is 0 Å². The normalized spacial score (nSPS) is 20.4. The summed E-state index contributed by atoms with van der Waals surface area (Å²) in [6.07, 6.45) is 8.90. The molecule has 1 aliphatic carbocycles. The van der Waals surface area contributed by atoms with Gasteiger partial charge in [-0.25, -0.2) is 4.99 Å². The fraction of sp³-hybridized carbons (Fsp3) is 0.290. The molecule has 4 N–H and O–H groups in total. The number of hydrogen-bond donors (Lipinski definition) is 3. The van der Waals surface area contributed by atoms with E-state index in [-0.39, 0.29) is 35.9 Å². The predicted octanol–water partition coefficient (Wildman–Crippen LogP) is 3.51. The van der Waals surface area contributed by atoms with E-state index in [0.717, 1.165) is 30.8 Å². The third-order valence-electron chi connectivity index (χ3n) is 7.55. The standard InChI is InChI=1S/C31H33N5O3/c1-19-5-3-8-26(29(32)37)28-25(19)11-12-27(35-28)31(39)33-17-20-6-4-7-22(15-20)30(38)34-24-10-9-21-13-14-36(2)18-23(21)16-24/h3-10,12,15-16,19,25H,11,13-14,17-18H2,1-2H3,(H2,32,37)(H,33,39)(H,34,38). The molecular formula is C31H33N5O3. The van der Waals surface area contributed by atoms with Crippen LogP contribution in [0, 0.1) is 11.8 Å². The zero-order valence-corrected chi connectivity index (χ0v) is 22.2. The number of hydrogen-bond acceptors (Lipinski definition) is 5. The lowest BCUT2D eigenvalue weighted by Crippen LogP contribution is -2.32. The molecule has 3 aliphatic rings. The maximum atomic E-state index is 13.0. The summed E-state index contributed by atoms with van der Waals surface area (Å²) in [5.41, 5.74) is 11.4. The van der Waals surface area contributed by atoms with Gasteiger partial charge in [0, 0.05) is 36.8 Å². The van der Waals surface area contributed by atoms with E-state index in [0.29, 0.717) is 23.3 Å². The molecule has 0 spiro atoms. The Balaban J connectivity index is 1.23. The van der Waals surface area contributed by atoms with Gasteiger partial charge in [0.05, 0.1) is 11.3 Å². The van der Waals surface area contributed by atoms with Gasteiger partial charge < -0.3 is 21.3 Å². The van der Waals surface area contributed by atoms with Crippen molar-refractivity contribution in [3.8, 4) is 0 Å². The Morgan fingerprint density at radius 3 is 2.77 bits per heavy atom. The van der Waals surface area contributed by atoms with Crippen LogP contribution in [0.25, 0.3) is 0 Å². The summed E-state index contributed by atoms with van der Waals surface area (Å²) in [7, 11) is 2.09. The number of nitrogens with zero attached hydrogens (tertiary/aromatic N) is 2. The van der Waals surface area contributed by atoms with E-state index in [1.807, 2.05) is 30.4 Å². The molecule has 3 amide bonds. The third-order valence-corrected chi connectivity index (χ3v) is 7.55. The maximum absolute atomic E-state index is 13.0. The first-order chi connectivity index (χ1) is 18.8. The Morgan fingerprint density at radius 2 is 1.95 bits per heavy atom. The number of carbonyl (C=O) groups is 3. The van der Waals surface area contributed by atoms with Crippen LogP contribution in [0.3, 0.4) is 0 Å². The van der Waals surface area contributed by atoms with Gasteiger partial charge in [0.25, 0.3) is 17.7 Å². The number of likely N-dealkylation sites (N-methyl/N-ethyl adjacent to an activating group) is 1. The van der Waals surface area contributed by atoms with Crippen LogP contribution in [-0.2, 0) is 29.1 Å². The van der Waals surface area contributed by atoms with Crippen molar-refractivity contribution in [1.29, 1.82) is 0 Å². The van der Waals surface area contributed by atoms with Gasteiger partial charge in [-0.3, -0.25) is 14.4 Å². The lowest BCUT2D eigenvalue weighted by Gasteiger charge is -2.25. The molecule has 0 aromatic heterocycles. The first-order valence-electron chi connectivity index (χ1n) is 13.2. The Bertz CT molecular complexity index is 1450. The van der Waals surface area contributed by atoms with E-state index in [9.17, 15) is 14.4 Å². The van der Waals surface area contributed by atoms with Crippen molar-refractivity contribution in [2.24, 2.45) is 22.6 Å². The number of fused-ring (bicyclic) bond motifs is 2. The predicted molar refractivity (Wildman–Crippen MR) is 152 cm³/mol. The van der Waals surface area contributed by atoms with Gasteiger partial charge in [-0.1, -0.05) is 43.4 Å². The van der Waals surface area contributed by atoms with Crippen molar-refractivity contribution in [2.45, 2.75) is 32.9 Å². The number of amides is 3. The molecule has 2 unspecified atom stereocenters. The van der Waals surface area contributed by atoms with E-state index < -0.39 is 5.91 Å². The molecule has 2 heterocycles. The smallest absolute Gasteiger partial charge is 0.269 e. The van der Waals surface area contributed by atoms with Crippen molar-refractivity contribution < 1.29 is 14.4 Å². The van der Waals surface area contributed by atoms with Crippen LogP contribution >= 0.6 is 0 Å². The summed E-state index contributed by atoms with van der Waals surface area (Å²) in [6.45, 7) is 4.19. The summed E-state index contributed by atoms with van der Waals surface area (Å²) >= 11 is 0. The molecule has 5 rings (SSSR count). The second-order valence-electron chi connectivity index (χ2n) is 10.4. The fourth-order valence-electron chi connectivity index (χ4n) is 5.31. The average Bonchev–Trinajstić information content (AvgIpc) is 3.10. The Labute approximate surface area is 228 Å². The Morgan fingerprint density at radius 1 is 1.10 bits per heavy atom. The van der Waals surface area contributed by atoms with E-state index in [4.69, 9.17) is 5.73 Å². The van der Waals surface area contributed by atoms with Crippen molar-refractivity contribution in [1.82, 2.24) is 10.2 Å². The average molecular weight is 524 g/mol. The minimum absolute atomic E-state index is 0.00901. The molecule has 0 bridgehead atoms. The number of benzene rings is 2. The van der Waals surface area contributed by atoms with Crippen molar-refractivity contribution in [3.63, 3.8) is 0 Å². The second-order valence-corrected chi connectivity index (χ2v) is 10.4. The van der Waals surface area contributed by atoms with Crippen LogP contribution in [0.5, 0.6) is 0 Å². The lowest BCUT2D eigenvalue weighted by molar-refractivity contribution is -0.118. The number of carbonyl (C=O) groups excluding carboxylic acids is 3. The first kappa shape index (κ1) is 26.3. The fourth-order valence-corrected chi connectivity index (χ4v) is 5.31. The molecule has 0 radical (unpaired) electrons. The molecular weight excluding hydrogens is 490 g/mol. The number of anilines is 1. The number of nitrogens with two attached hydrogens (primary N) is 1. The Hall–Kier alpha value is -4.30. The van der Waals surface area contributed by atoms with Gasteiger partial charge in [-0.15, -0.1) is 0 Å². The molecule has 0 saturated heterocycles. The van der Waals surface area contributed by atoms with Gasteiger partial charge in [0.15, 0.2) is 0 Å². The molecule has 0 fully saturated rings. The molecule has 8 heteroatoms. The number of primary amides is 1. The van der Waals surface area contributed by atoms with Crippen molar-refractivity contribution in [3.05, 3.63) is 100 Å². The molecule has 8 nitrogen and oxygen atoms in total. The van der Waals surface area contributed by atoms with Crippen LogP contribution in [-0.4, -0.2) is 41.9 Å². The summed E-state index contributed by atoms with van der Waals surface area (Å²) in [6, 6.07) is 13.3. The van der Waals surface area contributed by atoms with Crippen LogP contribution in [0.1, 0.15) is 40.4 Å². The molecule has 2 aromatic rings. The molecule has 0 saturated carbocycles. The quantitative estimate of drug-likeness (QED) is 0.537. The van der Waals surface area contributed by atoms with Crippen LogP contribution in [0.15, 0.2) is 83.0 Å². The molecule has 2 atom stereocenters. The molecule has 2 aliphatic heterocycles. The highest BCUT2D eigenvalue weighted by Gasteiger charge is 2.31. The van der Waals surface area contributed by atoms with Gasteiger partial charge in [0.2, 0.25) is 0 Å². The summed E-state index contributed by atoms with van der Waals surface area (Å²) in [5.74, 6) is -0.957. The third kappa shape index (κ3) is 5.91. The summed E-state index contributed by atoms with van der Waals surface area (Å²) in [5, 5.41) is 5.88. The van der Waals surface area contributed by atoms with Gasteiger partial charge in [0.1, 0.15) is 5.70 Å².